The highest BCUT2D eigenvalue weighted by Gasteiger charge is 2.45. The molecule has 1 aliphatic rings. The van der Waals surface area contributed by atoms with E-state index in [1.54, 1.807) is 0 Å². The van der Waals surface area contributed by atoms with E-state index in [1.165, 1.54) is 12.3 Å². The second-order valence-corrected chi connectivity index (χ2v) is 5.51. The number of carbonyl (C=O) groups is 2. The number of aromatic nitrogens is 2. The summed E-state index contributed by atoms with van der Waals surface area (Å²) in [6, 6.07) is 1.18. The maximum atomic E-state index is 12.3. The Balaban J connectivity index is 2.09. The highest BCUT2D eigenvalue weighted by Crippen LogP contribution is 2.35. The van der Waals surface area contributed by atoms with E-state index in [0.717, 1.165) is 12.8 Å². The largest absolute Gasteiger partial charge is 0.465 e. The Kier molecular flexibility index (Phi) is 5.43. The lowest BCUT2D eigenvalue weighted by Gasteiger charge is -2.24. The van der Waals surface area contributed by atoms with E-state index >= 15 is 0 Å². The monoisotopic (exact) mass is 308 g/mol. The third-order valence-corrected chi connectivity index (χ3v) is 3.75. The molecule has 1 aliphatic heterocycles. The van der Waals surface area contributed by atoms with Crippen LogP contribution in [-0.2, 0) is 14.3 Å². The smallest absolute Gasteiger partial charge is 0.314 e. The van der Waals surface area contributed by atoms with Gasteiger partial charge in [0.15, 0.2) is 5.78 Å². The summed E-state index contributed by atoms with van der Waals surface area (Å²) in [7, 11) is 0. The molecule has 0 aliphatic carbocycles. The minimum atomic E-state index is -0.951. The van der Waals surface area contributed by atoms with E-state index in [9.17, 15) is 14.4 Å². The maximum absolute atomic E-state index is 12.3. The van der Waals surface area contributed by atoms with E-state index in [0.29, 0.717) is 19.6 Å². The number of hydrogen-bond acceptors (Lipinski definition) is 6. The van der Waals surface area contributed by atoms with Crippen LogP contribution in [0.3, 0.4) is 0 Å². The van der Waals surface area contributed by atoms with Crippen molar-refractivity contribution in [2.75, 3.05) is 19.8 Å². The first-order valence-corrected chi connectivity index (χ1v) is 7.40. The van der Waals surface area contributed by atoms with Crippen LogP contribution in [0.4, 0.5) is 0 Å². The molecule has 0 unspecified atom stereocenters. The summed E-state index contributed by atoms with van der Waals surface area (Å²) in [6.45, 7) is 2.94. The number of unbranched alkanes of at least 4 members (excludes halogenated alkanes) is 1. The predicted octanol–water partition coefficient (Wildman–Crippen LogP) is 1.09. The molecule has 1 N–H and O–H groups in total. The van der Waals surface area contributed by atoms with Gasteiger partial charge in [-0.15, -0.1) is 0 Å². The molecule has 0 amide bonds. The molecule has 22 heavy (non-hydrogen) atoms. The van der Waals surface area contributed by atoms with E-state index in [2.05, 4.69) is 10.2 Å². The molecule has 120 valence electrons. The van der Waals surface area contributed by atoms with Crippen molar-refractivity contribution in [1.29, 1.82) is 0 Å². The van der Waals surface area contributed by atoms with Crippen LogP contribution in [-0.4, -0.2) is 41.8 Å². The lowest BCUT2D eigenvalue weighted by atomic mass is 9.81. The SMILES string of the molecule is CCCCOC(=O)[C@]1(CC(=O)c2cn[nH]c(=O)c2)CCOC1. The van der Waals surface area contributed by atoms with Crippen LogP contribution in [0.15, 0.2) is 17.1 Å². The van der Waals surface area contributed by atoms with Gasteiger partial charge in [-0.3, -0.25) is 14.4 Å². The summed E-state index contributed by atoms with van der Waals surface area (Å²) in [5.74, 6) is -0.707. The molecule has 0 saturated carbocycles. The topological polar surface area (TPSA) is 98.4 Å². The van der Waals surface area contributed by atoms with Crippen molar-refractivity contribution in [3.8, 4) is 0 Å². The van der Waals surface area contributed by atoms with Gasteiger partial charge < -0.3 is 9.47 Å². The van der Waals surface area contributed by atoms with E-state index in [-0.39, 0.29) is 24.4 Å². The van der Waals surface area contributed by atoms with Crippen LogP contribution in [0.2, 0.25) is 0 Å². The fourth-order valence-electron chi connectivity index (χ4n) is 2.38. The fraction of sp³-hybridized carbons (Fsp3) is 0.600. The number of nitrogens with one attached hydrogen (secondary N) is 1. The number of ketones is 1. The van der Waals surface area contributed by atoms with Gasteiger partial charge in [0.1, 0.15) is 5.41 Å². The number of hydrogen-bond donors (Lipinski definition) is 1. The first-order chi connectivity index (χ1) is 10.6. The first kappa shape index (κ1) is 16.4. The highest BCUT2D eigenvalue weighted by molar-refractivity contribution is 5.98. The van der Waals surface area contributed by atoms with Gasteiger partial charge >= 0.3 is 5.97 Å². The second kappa shape index (κ2) is 7.31. The summed E-state index contributed by atoms with van der Waals surface area (Å²) in [5.41, 5.74) is -1.21. The Morgan fingerprint density at radius 2 is 2.32 bits per heavy atom. The summed E-state index contributed by atoms with van der Waals surface area (Å²) in [6.07, 6.45) is 3.40. The van der Waals surface area contributed by atoms with Crippen LogP contribution < -0.4 is 5.56 Å². The van der Waals surface area contributed by atoms with Gasteiger partial charge in [0, 0.05) is 24.7 Å². The van der Waals surface area contributed by atoms with Crippen LogP contribution in [0.5, 0.6) is 0 Å². The summed E-state index contributed by atoms with van der Waals surface area (Å²) < 4.78 is 10.6. The zero-order valence-electron chi connectivity index (χ0n) is 12.6. The predicted molar refractivity (Wildman–Crippen MR) is 77.5 cm³/mol. The lowest BCUT2D eigenvalue weighted by molar-refractivity contribution is -0.156. The molecule has 1 atom stereocenters. The Morgan fingerprint density at radius 3 is 2.95 bits per heavy atom. The molecular weight excluding hydrogens is 288 g/mol. The van der Waals surface area contributed by atoms with Gasteiger partial charge in [-0.25, -0.2) is 5.10 Å². The van der Waals surface area contributed by atoms with Crippen LogP contribution >= 0.6 is 0 Å². The molecule has 7 nitrogen and oxygen atoms in total. The molecule has 2 heterocycles. The fourth-order valence-corrected chi connectivity index (χ4v) is 2.38. The van der Waals surface area contributed by atoms with Crippen LogP contribution in [0.1, 0.15) is 43.0 Å². The van der Waals surface area contributed by atoms with Crippen molar-refractivity contribution in [3.63, 3.8) is 0 Å². The number of H-pyrrole nitrogens is 1. The van der Waals surface area contributed by atoms with Gasteiger partial charge in [0.25, 0.3) is 5.56 Å². The van der Waals surface area contributed by atoms with Gasteiger partial charge in [0.05, 0.1) is 19.4 Å². The van der Waals surface area contributed by atoms with E-state index in [4.69, 9.17) is 9.47 Å². The van der Waals surface area contributed by atoms with E-state index in [1.807, 2.05) is 6.92 Å². The average molecular weight is 308 g/mol. The standard InChI is InChI=1S/C15H20N2O5/c1-2-3-5-22-14(20)15(4-6-21-10-15)8-12(18)11-7-13(19)17-16-9-11/h7,9H,2-6,8,10H2,1H3,(H,17,19)/t15-/m0/s1. The van der Waals surface area contributed by atoms with Gasteiger partial charge in [-0.05, 0) is 12.8 Å². The number of nitrogens with zero attached hydrogens (tertiary/aromatic N) is 1. The van der Waals surface area contributed by atoms with Crippen LogP contribution in [0.25, 0.3) is 0 Å². The Labute approximate surface area is 128 Å². The molecule has 0 radical (unpaired) electrons. The van der Waals surface area contributed by atoms with Crippen molar-refractivity contribution < 1.29 is 19.1 Å². The maximum Gasteiger partial charge on any atom is 0.314 e. The van der Waals surface area contributed by atoms with Crippen LogP contribution in [0, 0.1) is 5.41 Å². The number of aromatic amines is 1. The van der Waals surface area contributed by atoms with E-state index < -0.39 is 16.9 Å². The molecule has 2 rings (SSSR count). The molecule has 7 heteroatoms. The molecule has 0 spiro atoms. The van der Waals surface area contributed by atoms with Crippen molar-refractivity contribution >= 4 is 11.8 Å². The minimum absolute atomic E-state index is 0.0386. The zero-order valence-corrected chi connectivity index (χ0v) is 12.6. The Bertz CT molecular complexity index is 590. The Hall–Kier alpha value is -2.02. The summed E-state index contributed by atoms with van der Waals surface area (Å²) >= 11 is 0. The average Bonchev–Trinajstić information content (AvgIpc) is 2.97. The zero-order chi connectivity index (χ0) is 16.0. The number of rotatable bonds is 7. The number of ether oxygens (including phenoxy) is 2. The van der Waals surface area contributed by atoms with Gasteiger partial charge in [-0.1, -0.05) is 13.3 Å². The Morgan fingerprint density at radius 1 is 1.50 bits per heavy atom. The number of Topliss-reactive ketones (excluding diaryl/α,β-unsaturated/α-hetero) is 1. The third-order valence-electron chi connectivity index (χ3n) is 3.75. The molecule has 1 fully saturated rings. The molecule has 1 saturated heterocycles. The van der Waals surface area contributed by atoms with Crippen molar-refractivity contribution in [2.45, 2.75) is 32.6 Å². The molecular formula is C15H20N2O5. The van der Waals surface area contributed by atoms with Crippen molar-refractivity contribution in [2.24, 2.45) is 5.41 Å². The normalized spacial score (nSPS) is 20.8. The quantitative estimate of drug-likeness (QED) is 0.460. The second-order valence-electron chi connectivity index (χ2n) is 5.51. The number of carbonyl (C=O) groups excluding carboxylic acids is 2. The third kappa shape index (κ3) is 3.79. The molecule has 1 aromatic rings. The first-order valence-electron chi connectivity index (χ1n) is 7.40. The van der Waals surface area contributed by atoms with Crippen molar-refractivity contribution in [1.82, 2.24) is 10.2 Å². The molecule has 0 aromatic carbocycles. The minimum Gasteiger partial charge on any atom is -0.465 e. The van der Waals surface area contributed by atoms with Gasteiger partial charge in [-0.2, -0.15) is 5.10 Å². The lowest BCUT2D eigenvalue weighted by Crippen LogP contribution is -2.36. The van der Waals surface area contributed by atoms with Gasteiger partial charge in [0.2, 0.25) is 0 Å². The number of esters is 1. The molecule has 0 bridgehead atoms. The van der Waals surface area contributed by atoms with Crippen molar-refractivity contribution in [3.05, 3.63) is 28.2 Å². The summed E-state index contributed by atoms with van der Waals surface area (Å²) in [4.78, 5) is 35.9. The molecule has 1 aromatic heterocycles. The summed E-state index contributed by atoms with van der Waals surface area (Å²) in [5, 5.41) is 5.82. The highest BCUT2D eigenvalue weighted by atomic mass is 16.5.